The Morgan fingerprint density at radius 1 is 1.38 bits per heavy atom. The maximum Gasteiger partial charge on any atom is 0.247 e. The minimum Gasteiger partial charge on any atom is -0.329 e. The van der Waals surface area contributed by atoms with Gasteiger partial charge in [-0.05, 0) is 29.9 Å². The number of aromatic nitrogens is 2. The van der Waals surface area contributed by atoms with Gasteiger partial charge < -0.3 is 9.88 Å². The number of imidazole rings is 1. The van der Waals surface area contributed by atoms with E-state index in [-0.39, 0.29) is 17.4 Å². The minimum absolute atomic E-state index is 0.00621. The average Bonchev–Trinajstić information content (AvgIpc) is 2.81. The maximum absolute atomic E-state index is 12.2. The first kappa shape index (κ1) is 13.9. The number of hydrogen-bond acceptors (Lipinski definition) is 2. The van der Waals surface area contributed by atoms with Gasteiger partial charge >= 0.3 is 0 Å². The number of allylic oxidation sites excluding steroid dienone is 1. The van der Waals surface area contributed by atoms with E-state index in [0.717, 1.165) is 29.6 Å². The molecule has 21 heavy (non-hydrogen) atoms. The Morgan fingerprint density at radius 2 is 2.14 bits per heavy atom. The molecule has 1 aliphatic rings. The number of fused-ring (bicyclic) bond motifs is 1. The van der Waals surface area contributed by atoms with Crippen molar-refractivity contribution in [1.82, 2.24) is 14.9 Å². The Balaban J connectivity index is 2.09. The molecule has 1 aromatic heterocycles. The molecule has 1 unspecified atom stereocenters. The van der Waals surface area contributed by atoms with Crippen molar-refractivity contribution in [2.45, 2.75) is 45.1 Å². The lowest BCUT2D eigenvalue weighted by Crippen LogP contribution is -2.36. The summed E-state index contributed by atoms with van der Waals surface area (Å²) in [6.45, 7) is 10.4. The molecule has 1 fully saturated rings. The molecule has 2 heterocycles. The molecule has 0 radical (unpaired) electrons. The second-order valence-corrected chi connectivity index (χ2v) is 6.72. The number of benzene rings is 1. The number of piperidine rings is 1. The fraction of sp³-hybridized carbons (Fsp3) is 0.412. The zero-order valence-corrected chi connectivity index (χ0v) is 12.8. The Labute approximate surface area is 124 Å². The first-order valence-corrected chi connectivity index (χ1v) is 7.32. The molecule has 1 aromatic carbocycles. The van der Waals surface area contributed by atoms with Crippen LogP contribution in [0.25, 0.3) is 11.0 Å². The molecule has 1 atom stereocenters. The van der Waals surface area contributed by atoms with Crippen LogP contribution in [0.3, 0.4) is 0 Å². The molecule has 1 amide bonds. The molecule has 0 aliphatic carbocycles. The highest BCUT2D eigenvalue weighted by Gasteiger charge is 2.27. The van der Waals surface area contributed by atoms with Crippen molar-refractivity contribution < 1.29 is 4.79 Å². The largest absolute Gasteiger partial charge is 0.329 e. The van der Waals surface area contributed by atoms with Crippen molar-refractivity contribution in [3.05, 3.63) is 42.4 Å². The first-order valence-electron chi connectivity index (χ1n) is 7.32. The quantitative estimate of drug-likeness (QED) is 0.873. The van der Waals surface area contributed by atoms with Gasteiger partial charge in [0, 0.05) is 5.70 Å². The molecule has 0 bridgehead atoms. The molecular weight excluding hydrogens is 262 g/mol. The van der Waals surface area contributed by atoms with Crippen molar-refractivity contribution in [2.24, 2.45) is 0 Å². The van der Waals surface area contributed by atoms with Gasteiger partial charge in [-0.2, -0.15) is 0 Å². The molecule has 0 saturated carbocycles. The second-order valence-electron chi connectivity index (χ2n) is 6.72. The second kappa shape index (κ2) is 4.72. The van der Waals surface area contributed by atoms with Gasteiger partial charge in [0.25, 0.3) is 0 Å². The van der Waals surface area contributed by atoms with Gasteiger partial charge in [0.2, 0.25) is 5.91 Å². The van der Waals surface area contributed by atoms with Crippen molar-refractivity contribution in [1.29, 1.82) is 0 Å². The molecule has 0 spiro atoms. The van der Waals surface area contributed by atoms with Gasteiger partial charge in [0.1, 0.15) is 6.04 Å². The normalized spacial score (nSPS) is 19.9. The van der Waals surface area contributed by atoms with Crippen molar-refractivity contribution >= 4 is 16.9 Å². The third-order valence-electron chi connectivity index (χ3n) is 4.07. The van der Waals surface area contributed by atoms with E-state index in [0.29, 0.717) is 0 Å². The van der Waals surface area contributed by atoms with Crippen LogP contribution in [0.1, 0.15) is 45.2 Å². The van der Waals surface area contributed by atoms with E-state index in [1.165, 1.54) is 5.56 Å². The summed E-state index contributed by atoms with van der Waals surface area (Å²) < 4.78 is 1.99. The van der Waals surface area contributed by atoms with Crippen LogP contribution >= 0.6 is 0 Å². The highest BCUT2D eigenvalue weighted by Crippen LogP contribution is 2.32. The predicted octanol–water partition coefficient (Wildman–Crippen LogP) is 3.30. The van der Waals surface area contributed by atoms with Crippen LogP contribution < -0.4 is 5.32 Å². The van der Waals surface area contributed by atoms with Crippen LogP contribution in [0.15, 0.2) is 36.8 Å². The predicted molar refractivity (Wildman–Crippen MR) is 84.0 cm³/mol. The highest BCUT2D eigenvalue weighted by molar-refractivity contribution is 5.87. The Hall–Kier alpha value is -2.10. The van der Waals surface area contributed by atoms with Gasteiger partial charge in [-0.1, -0.05) is 39.5 Å². The molecule has 110 valence electrons. The highest BCUT2D eigenvalue weighted by atomic mass is 16.2. The summed E-state index contributed by atoms with van der Waals surface area (Å²) >= 11 is 0. The van der Waals surface area contributed by atoms with Gasteiger partial charge in [-0.15, -0.1) is 0 Å². The molecule has 2 aromatic rings. The number of nitrogens with zero attached hydrogens (tertiary/aromatic N) is 2. The Kier molecular flexibility index (Phi) is 3.12. The topological polar surface area (TPSA) is 46.9 Å². The lowest BCUT2D eigenvalue weighted by atomic mass is 9.86. The molecule has 4 nitrogen and oxygen atoms in total. The molecule has 4 heteroatoms. The number of carbonyl (C=O) groups is 1. The number of nitrogens with one attached hydrogen (secondary N) is 1. The van der Waals surface area contributed by atoms with Crippen LogP contribution in [-0.4, -0.2) is 15.5 Å². The summed E-state index contributed by atoms with van der Waals surface area (Å²) in [6.07, 6.45) is 3.38. The standard InChI is InChI=1S/C17H21N3O/c1-11-8-9-14(16(21)19-11)20-10-18-15-12(17(2,3)4)6-5-7-13(15)20/h5-7,10,14H,1,8-9H2,2-4H3,(H,19,21). The number of para-hydroxylation sites is 1. The van der Waals surface area contributed by atoms with Crippen molar-refractivity contribution in [3.63, 3.8) is 0 Å². The SMILES string of the molecule is C=C1CCC(n2cnc3c(C(C)(C)C)cccc32)C(=O)N1. The molecule has 3 rings (SSSR count). The average molecular weight is 283 g/mol. The monoisotopic (exact) mass is 283 g/mol. The van der Waals surface area contributed by atoms with E-state index in [1.54, 1.807) is 6.33 Å². The Morgan fingerprint density at radius 3 is 2.81 bits per heavy atom. The van der Waals surface area contributed by atoms with E-state index < -0.39 is 0 Å². The Bertz CT molecular complexity index is 721. The lowest BCUT2D eigenvalue weighted by molar-refractivity contribution is -0.124. The number of rotatable bonds is 1. The summed E-state index contributed by atoms with van der Waals surface area (Å²) in [5.74, 6) is 0.00621. The van der Waals surface area contributed by atoms with Crippen molar-refractivity contribution in [2.75, 3.05) is 0 Å². The fourth-order valence-corrected chi connectivity index (χ4v) is 2.94. The van der Waals surface area contributed by atoms with Crippen LogP contribution in [0, 0.1) is 0 Å². The van der Waals surface area contributed by atoms with E-state index in [2.05, 4.69) is 43.7 Å². The zero-order chi connectivity index (χ0) is 15.2. The molecule has 1 aliphatic heterocycles. The lowest BCUT2D eigenvalue weighted by Gasteiger charge is -2.25. The summed E-state index contributed by atoms with van der Waals surface area (Å²) in [7, 11) is 0. The van der Waals surface area contributed by atoms with Crippen LogP contribution in [-0.2, 0) is 10.2 Å². The van der Waals surface area contributed by atoms with Gasteiger partial charge in [0.05, 0.1) is 17.4 Å². The van der Waals surface area contributed by atoms with E-state index in [1.807, 2.05) is 16.7 Å². The maximum atomic E-state index is 12.2. The zero-order valence-electron chi connectivity index (χ0n) is 12.8. The molecular formula is C17H21N3O. The number of carbonyl (C=O) groups excluding carboxylic acids is 1. The van der Waals surface area contributed by atoms with Gasteiger partial charge in [-0.3, -0.25) is 4.79 Å². The van der Waals surface area contributed by atoms with Crippen LogP contribution in [0.2, 0.25) is 0 Å². The summed E-state index contributed by atoms with van der Waals surface area (Å²) in [5, 5.41) is 2.85. The third-order valence-corrected chi connectivity index (χ3v) is 4.07. The van der Waals surface area contributed by atoms with Crippen LogP contribution in [0.4, 0.5) is 0 Å². The van der Waals surface area contributed by atoms with E-state index in [4.69, 9.17) is 0 Å². The van der Waals surface area contributed by atoms with Crippen molar-refractivity contribution in [3.8, 4) is 0 Å². The first-order chi connectivity index (χ1) is 9.88. The van der Waals surface area contributed by atoms with E-state index in [9.17, 15) is 4.79 Å². The number of hydrogen-bond donors (Lipinski definition) is 1. The smallest absolute Gasteiger partial charge is 0.247 e. The summed E-state index contributed by atoms with van der Waals surface area (Å²) in [4.78, 5) is 16.8. The summed E-state index contributed by atoms with van der Waals surface area (Å²) in [5.41, 5.74) is 4.05. The van der Waals surface area contributed by atoms with Gasteiger partial charge in [0.15, 0.2) is 0 Å². The molecule has 1 N–H and O–H groups in total. The van der Waals surface area contributed by atoms with Gasteiger partial charge in [-0.25, -0.2) is 4.98 Å². The summed E-state index contributed by atoms with van der Waals surface area (Å²) in [6, 6.07) is 5.99. The fourth-order valence-electron chi connectivity index (χ4n) is 2.94. The van der Waals surface area contributed by atoms with Crippen LogP contribution in [0.5, 0.6) is 0 Å². The van der Waals surface area contributed by atoms with E-state index >= 15 is 0 Å². The minimum atomic E-state index is -0.198. The molecule has 1 saturated heterocycles. The number of amides is 1. The third kappa shape index (κ3) is 2.35.